The number of hydrogen-bond acceptors (Lipinski definition) is 3. The molecule has 1 heterocycles. The summed E-state index contributed by atoms with van der Waals surface area (Å²) < 4.78 is 11.0. The molecule has 1 unspecified atom stereocenters. The molecule has 18 heavy (non-hydrogen) atoms. The van der Waals surface area contributed by atoms with Crippen LogP contribution < -0.4 is 9.47 Å². The highest BCUT2D eigenvalue weighted by Crippen LogP contribution is 2.38. The second-order valence-electron chi connectivity index (χ2n) is 4.20. The van der Waals surface area contributed by atoms with Crippen LogP contribution in [-0.4, -0.2) is 30.2 Å². The number of ether oxygens (including phenoxy) is 2. The van der Waals surface area contributed by atoms with Crippen LogP contribution in [0.1, 0.15) is 24.3 Å². The summed E-state index contributed by atoms with van der Waals surface area (Å²) in [6, 6.07) is 5.54. The summed E-state index contributed by atoms with van der Waals surface area (Å²) >= 11 is 5.57. The molecule has 2 rings (SSSR count). The molecule has 0 spiro atoms. The highest BCUT2D eigenvalue weighted by Gasteiger charge is 2.26. The maximum absolute atomic E-state index is 10.7. The Kier molecular flexibility index (Phi) is 4.31. The lowest BCUT2D eigenvalue weighted by Gasteiger charge is -2.08. The molecule has 1 atom stereocenters. The molecule has 5 heteroatoms. The predicted molar refractivity (Wildman–Crippen MR) is 67.8 cm³/mol. The molecule has 0 amide bonds. The van der Waals surface area contributed by atoms with Crippen LogP contribution in [0.3, 0.4) is 0 Å². The van der Waals surface area contributed by atoms with Crippen LogP contribution >= 0.6 is 11.6 Å². The predicted octanol–water partition coefficient (Wildman–Crippen LogP) is 2.65. The number of carbonyl (C=O) groups is 1. The van der Waals surface area contributed by atoms with E-state index in [-0.39, 0.29) is 12.3 Å². The van der Waals surface area contributed by atoms with Crippen LogP contribution in [0.25, 0.3) is 0 Å². The Balaban J connectivity index is 2.03. The molecule has 0 bridgehead atoms. The molecule has 1 aromatic rings. The number of benzene rings is 1. The monoisotopic (exact) mass is 270 g/mol. The SMILES string of the molecule is O=C(O)CC1COc2cc(OCCCCl)ccc21. The first kappa shape index (κ1) is 13.0. The van der Waals surface area contributed by atoms with Crippen molar-refractivity contribution in [2.75, 3.05) is 19.1 Å². The molecule has 1 aliphatic heterocycles. The lowest BCUT2D eigenvalue weighted by atomic mass is 9.98. The van der Waals surface area contributed by atoms with Gasteiger partial charge < -0.3 is 14.6 Å². The van der Waals surface area contributed by atoms with Gasteiger partial charge in [0, 0.05) is 23.4 Å². The fourth-order valence-electron chi connectivity index (χ4n) is 1.97. The number of alkyl halides is 1. The van der Waals surface area contributed by atoms with Crippen LogP contribution in [0.15, 0.2) is 18.2 Å². The van der Waals surface area contributed by atoms with Crippen molar-refractivity contribution in [2.24, 2.45) is 0 Å². The second kappa shape index (κ2) is 5.96. The summed E-state index contributed by atoms with van der Waals surface area (Å²) in [5, 5.41) is 8.80. The minimum Gasteiger partial charge on any atom is -0.493 e. The maximum atomic E-state index is 10.7. The molecule has 0 radical (unpaired) electrons. The Morgan fingerprint density at radius 3 is 3.11 bits per heavy atom. The lowest BCUT2D eigenvalue weighted by Crippen LogP contribution is -2.07. The molecule has 98 valence electrons. The van der Waals surface area contributed by atoms with E-state index in [0.717, 1.165) is 23.5 Å². The molecule has 1 aromatic carbocycles. The van der Waals surface area contributed by atoms with Crippen molar-refractivity contribution in [3.63, 3.8) is 0 Å². The highest BCUT2D eigenvalue weighted by molar-refractivity contribution is 6.17. The van der Waals surface area contributed by atoms with E-state index < -0.39 is 5.97 Å². The topological polar surface area (TPSA) is 55.8 Å². The number of halogens is 1. The standard InChI is InChI=1S/C13H15ClO4/c14-4-1-5-17-10-2-3-11-9(6-13(15)16)8-18-12(11)7-10/h2-3,7,9H,1,4-6,8H2,(H,15,16). The van der Waals surface area contributed by atoms with Crippen LogP contribution in [-0.2, 0) is 4.79 Å². The van der Waals surface area contributed by atoms with E-state index >= 15 is 0 Å². The van der Waals surface area contributed by atoms with Crippen molar-refractivity contribution in [3.8, 4) is 11.5 Å². The average Bonchev–Trinajstić information content (AvgIpc) is 2.72. The quantitative estimate of drug-likeness (QED) is 0.638. The summed E-state index contributed by atoms with van der Waals surface area (Å²) in [5.41, 5.74) is 0.946. The summed E-state index contributed by atoms with van der Waals surface area (Å²) in [5.74, 6) is 1.16. The van der Waals surface area contributed by atoms with Crippen molar-refractivity contribution in [1.82, 2.24) is 0 Å². The number of rotatable bonds is 6. The number of carboxylic acids is 1. The van der Waals surface area contributed by atoms with E-state index in [9.17, 15) is 4.79 Å². The van der Waals surface area contributed by atoms with Gasteiger partial charge in [0.15, 0.2) is 0 Å². The molecule has 0 aromatic heterocycles. The van der Waals surface area contributed by atoms with Gasteiger partial charge in [-0.05, 0) is 12.5 Å². The third-order valence-electron chi connectivity index (χ3n) is 2.83. The van der Waals surface area contributed by atoms with E-state index in [2.05, 4.69) is 0 Å². The molecule has 0 aliphatic carbocycles. The van der Waals surface area contributed by atoms with Gasteiger partial charge in [-0.3, -0.25) is 4.79 Å². The highest BCUT2D eigenvalue weighted by atomic mass is 35.5. The van der Waals surface area contributed by atoms with Gasteiger partial charge >= 0.3 is 5.97 Å². The summed E-state index contributed by atoms with van der Waals surface area (Å²) in [7, 11) is 0. The minimum absolute atomic E-state index is 0.0607. The Morgan fingerprint density at radius 2 is 2.39 bits per heavy atom. The van der Waals surface area contributed by atoms with E-state index in [1.54, 1.807) is 0 Å². The van der Waals surface area contributed by atoms with Crippen LogP contribution in [0, 0.1) is 0 Å². The minimum atomic E-state index is -0.807. The zero-order valence-electron chi connectivity index (χ0n) is 9.89. The number of fused-ring (bicyclic) bond motifs is 1. The molecular weight excluding hydrogens is 256 g/mol. The van der Waals surface area contributed by atoms with Crippen molar-refractivity contribution in [3.05, 3.63) is 23.8 Å². The molecule has 4 nitrogen and oxygen atoms in total. The zero-order chi connectivity index (χ0) is 13.0. The van der Waals surface area contributed by atoms with Gasteiger partial charge in [0.05, 0.1) is 19.6 Å². The Bertz CT molecular complexity index is 433. The smallest absolute Gasteiger partial charge is 0.304 e. The first-order chi connectivity index (χ1) is 8.70. The Hall–Kier alpha value is -1.42. The Labute approximate surface area is 110 Å². The van der Waals surface area contributed by atoms with Gasteiger partial charge in [-0.2, -0.15) is 0 Å². The number of carboxylic acid groups (broad SMARTS) is 1. The number of hydrogen-bond donors (Lipinski definition) is 1. The van der Waals surface area contributed by atoms with Crippen LogP contribution in [0.5, 0.6) is 11.5 Å². The fraction of sp³-hybridized carbons (Fsp3) is 0.462. The molecule has 1 N–H and O–H groups in total. The van der Waals surface area contributed by atoms with Gasteiger partial charge in [-0.1, -0.05) is 6.07 Å². The summed E-state index contributed by atoms with van der Waals surface area (Å²) in [6.07, 6.45) is 0.889. The molecule has 0 saturated heterocycles. The summed E-state index contributed by atoms with van der Waals surface area (Å²) in [6.45, 7) is 0.994. The van der Waals surface area contributed by atoms with E-state index in [1.807, 2.05) is 18.2 Å². The molecule has 1 aliphatic rings. The van der Waals surface area contributed by atoms with Crippen molar-refractivity contribution in [1.29, 1.82) is 0 Å². The summed E-state index contributed by atoms with van der Waals surface area (Å²) in [4.78, 5) is 10.7. The van der Waals surface area contributed by atoms with E-state index in [4.69, 9.17) is 26.2 Å². The fourth-order valence-corrected chi connectivity index (χ4v) is 2.08. The Morgan fingerprint density at radius 1 is 1.56 bits per heavy atom. The van der Waals surface area contributed by atoms with E-state index in [1.165, 1.54) is 0 Å². The first-order valence-electron chi connectivity index (χ1n) is 5.88. The first-order valence-corrected chi connectivity index (χ1v) is 6.41. The lowest BCUT2D eigenvalue weighted by molar-refractivity contribution is -0.137. The largest absolute Gasteiger partial charge is 0.493 e. The van der Waals surface area contributed by atoms with Crippen LogP contribution in [0.4, 0.5) is 0 Å². The second-order valence-corrected chi connectivity index (χ2v) is 4.57. The van der Waals surface area contributed by atoms with Gasteiger partial charge in [-0.25, -0.2) is 0 Å². The molecule has 0 fully saturated rings. The van der Waals surface area contributed by atoms with Gasteiger partial charge in [-0.15, -0.1) is 11.6 Å². The van der Waals surface area contributed by atoms with E-state index in [0.29, 0.717) is 19.1 Å². The third kappa shape index (κ3) is 3.07. The normalized spacial score (nSPS) is 17.1. The van der Waals surface area contributed by atoms with Gasteiger partial charge in [0.25, 0.3) is 0 Å². The van der Waals surface area contributed by atoms with Gasteiger partial charge in [0.1, 0.15) is 11.5 Å². The maximum Gasteiger partial charge on any atom is 0.304 e. The van der Waals surface area contributed by atoms with Gasteiger partial charge in [0.2, 0.25) is 0 Å². The molecular formula is C13H15ClO4. The average molecular weight is 271 g/mol. The third-order valence-corrected chi connectivity index (χ3v) is 3.10. The number of aliphatic carboxylic acids is 1. The van der Waals surface area contributed by atoms with Crippen LogP contribution in [0.2, 0.25) is 0 Å². The van der Waals surface area contributed by atoms with Crippen molar-refractivity contribution >= 4 is 17.6 Å². The molecule has 0 saturated carbocycles. The zero-order valence-corrected chi connectivity index (χ0v) is 10.7. The van der Waals surface area contributed by atoms with Crippen molar-refractivity contribution in [2.45, 2.75) is 18.8 Å². The van der Waals surface area contributed by atoms with Crippen molar-refractivity contribution < 1.29 is 19.4 Å².